The summed E-state index contributed by atoms with van der Waals surface area (Å²) in [6.07, 6.45) is 0. The summed E-state index contributed by atoms with van der Waals surface area (Å²) in [5, 5.41) is 8.67. The van der Waals surface area contributed by atoms with E-state index in [-0.39, 0.29) is 5.15 Å². The van der Waals surface area contributed by atoms with E-state index < -0.39 is 11.6 Å². The van der Waals surface area contributed by atoms with Gasteiger partial charge in [0.05, 0.1) is 4.88 Å². The molecule has 0 aliphatic rings. The Balaban J connectivity index is 2.40. The second-order valence-corrected chi connectivity index (χ2v) is 6.65. The predicted molar refractivity (Wildman–Crippen MR) is 80.2 cm³/mol. The first kappa shape index (κ1) is 13.9. The molecule has 2 nitrogen and oxygen atoms in total. The highest BCUT2D eigenvalue weighted by Crippen LogP contribution is 2.39. The number of aryl methyl sites for hydroxylation is 1. The molecule has 0 bridgehead atoms. The second kappa shape index (κ2) is 5.02. The van der Waals surface area contributed by atoms with Gasteiger partial charge in [-0.05, 0) is 41.1 Å². The standard InChI is InChI=1S/C13H6BrClF2N2S/c1-5-2-8(14)12(20-5)11-6-3-9(16)10(17)4-7(6)13(15)19-18-11/h2-4H,1H3. The Labute approximate surface area is 130 Å². The third-order valence-corrected chi connectivity index (χ3v) is 5.02. The van der Waals surface area contributed by atoms with Gasteiger partial charge >= 0.3 is 0 Å². The lowest BCUT2D eigenvalue weighted by Crippen LogP contribution is -1.93. The molecule has 0 fully saturated rings. The molecule has 2 heterocycles. The van der Waals surface area contributed by atoms with Gasteiger partial charge in [-0.1, -0.05) is 11.6 Å². The first-order chi connectivity index (χ1) is 9.47. The molecule has 7 heteroatoms. The number of hydrogen-bond acceptors (Lipinski definition) is 3. The minimum absolute atomic E-state index is 0.0482. The van der Waals surface area contributed by atoms with Crippen LogP contribution in [0.25, 0.3) is 21.3 Å². The van der Waals surface area contributed by atoms with Crippen molar-refractivity contribution in [2.75, 3.05) is 0 Å². The quantitative estimate of drug-likeness (QED) is 0.572. The maximum Gasteiger partial charge on any atom is 0.159 e. The van der Waals surface area contributed by atoms with E-state index in [1.165, 1.54) is 11.3 Å². The zero-order valence-electron chi connectivity index (χ0n) is 10.0. The molecule has 0 radical (unpaired) electrons. The summed E-state index contributed by atoms with van der Waals surface area (Å²) in [5.41, 5.74) is 0.480. The van der Waals surface area contributed by atoms with Crippen LogP contribution in [0.1, 0.15) is 4.88 Å². The monoisotopic (exact) mass is 374 g/mol. The smallest absolute Gasteiger partial charge is 0.159 e. The van der Waals surface area contributed by atoms with Gasteiger partial charge in [0.15, 0.2) is 16.8 Å². The average molecular weight is 376 g/mol. The molecule has 0 aliphatic heterocycles. The predicted octanol–water partition coefficient (Wildman–Crippen LogP) is 5.36. The molecule has 0 atom stereocenters. The van der Waals surface area contributed by atoms with E-state index in [1.54, 1.807) is 0 Å². The van der Waals surface area contributed by atoms with Crippen molar-refractivity contribution in [3.05, 3.63) is 44.3 Å². The zero-order valence-corrected chi connectivity index (χ0v) is 13.2. The zero-order chi connectivity index (χ0) is 14.4. The fourth-order valence-electron chi connectivity index (χ4n) is 1.93. The molecular weight excluding hydrogens is 370 g/mol. The molecule has 102 valence electrons. The van der Waals surface area contributed by atoms with Crippen molar-refractivity contribution in [2.45, 2.75) is 6.92 Å². The fraction of sp³-hybridized carbons (Fsp3) is 0.0769. The van der Waals surface area contributed by atoms with Gasteiger partial charge in [-0.15, -0.1) is 21.5 Å². The van der Waals surface area contributed by atoms with Gasteiger partial charge in [0.2, 0.25) is 0 Å². The van der Waals surface area contributed by atoms with Crippen molar-refractivity contribution < 1.29 is 8.78 Å². The average Bonchev–Trinajstić information content (AvgIpc) is 2.71. The number of nitrogens with zero attached hydrogens (tertiary/aromatic N) is 2. The lowest BCUT2D eigenvalue weighted by Gasteiger charge is -2.06. The van der Waals surface area contributed by atoms with Crippen molar-refractivity contribution in [1.29, 1.82) is 0 Å². The number of hydrogen-bond donors (Lipinski definition) is 0. The summed E-state index contributed by atoms with van der Waals surface area (Å²) in [5.74, 6) is -1.90. The summed E-state index contributed by atoms with van der Waals surface area (Å²) in [6, 6.07) is 4.07. The molecule has 0 amide bonds. The number of halogens is 4. The van der Waals surface area contributed by atoms with Crippen molar-refractivity contribution in [1.82, 2.24) is 10.2 Å². The highest BCUT2D eigenvalue weighted by molar-refractivity contribution is 9.10. The van der Waals surface area contributed by atoms with Gasteiger partial charge in [0.1, 0.15) is 5.69 Å². The van der Waals surface area contributed by atoms with E-state index in [4.69, 9.17) is 11.6 Å². The molecular formula is C13H6BrClF2N2S. The second-order valence-electron chi connectivity index (χ2n) is 4.19. The van der Waals surface area contributed by atoms with Crippen LogP contribution in [-0.2, 0) is 0 Å². The van der Waals surface area contributed by atoms with Crippen molar-refractivity contribution in [3.63, 3.8) is 0 Å². The lowest BCUT2D eigenvalue weighted by molar-refractivity contribution is 0.511. The molecule has 0 aliphatic carbocycles. The van der Waals surface area contributed by atoms with E-state index in [0.29, 0.717) is 16.5 Å². The molecule has 20 heavy (non-hydrogen) atoms. The minimum Gasteiger partial charge on any atom is -0.204 e. The number of benzene rings is 1. The van der Waals surface area contributed by atoms with Crippen LogP contribution in [0.4, 0.5) is 8.78 Å². The number of rotatable bonds is 1. The Hall–Kier alpha value is -1.11. The minimum atomic E-state index is -0.959. The molecule has 0 spiro atoms. The molecule has 0 saturated heterocycles. The Morgan fingerprint density at radius 2 is 1.75 bits per heavy atom. The molecule has 0 unspecified atom stereocenters. The van der Waals surface area contributed by atoms with Gasteiger partial charge in [-0.3, -0.25) is 0 Å². The van der Waals surface area contributed by atoms with Crippen molar-refractivity contribution >= 4 is 49.6 Å². The third kappa shape index (κ3) is 2.21. The maximum atomic E-state index is 13.5. The van der Waals surface area contributed by atoms with Crippen LogP contribution in [0.5, 0.6) is 0 Å². The first-order valence-corrected chi connectivity index (χ1v) is 7.53. The largest absolute Gasteiger partial charge is 0.204 e. The summed E-state index contributed by atoms with van der Waals surface area (Å²) >= 11 is 10.8. The molecule has 0 N–H and O–H groups in total. The van der Waals surface area contributed by atoms with Crippen LogP contribution < -0.4 is 0 Å². The first-order valence-electron chi connectivity index (χ1n) is 5.54. The van der Waals surface area contributed by atoms with Gasteiger partial charge in [-0.25, -0.2) is 8.78 Å². The van der Waals surface area contributed by atoms with Crippen LogP contribution in [0.2, 0.25) is 5.15 Å². The van der Waals surface area contributed by atoms with E-state index in [1.807, 2.05) is 13.0 Å². The number of thiophene rings is 1. The van der Waals surface area contributed by atoms with E-state index >= 15 is 0 Å². The molecule has 3 aromatic rings. The number of aromatic nitrogens is 2. The summed E-state index contributed by atoms with van der Waals surface area (Å²) in [6.45, 7) is 1.95. The van der Waals surface area contributed by atoms with Gasteiger partial charge in [-0.2, -0.15) is 0 Å². The highest BCUT2D eigenvalue weighted by Gasteiger charge is 2.17. The van der Waals surface area contributed by atoms with Crippen LogP contribution in [0.15, 0.2) is 22.7 Å². The van der Waals surface area contributed by atoms with Crippen LogP contribution >= 0.6 is 38.9 Å². The van der Waals surface area contributed by atoms with Crippen LogP contribution in [0.3, 0.4) is 0 Å². The molecule has 0 saturated carbocycles. The Morgan fingerprint density at radius 1 is 1.10 bits per heavy atom. The molecule has 1 aromatic carbocycles. The molecule has 3 rings (SSSR count). The fourth-order valence-corrected chi connectivity index (χ4v) is 3.95. The lowest BCUT2D eigenvalue weighted by atomic mass is 10.1. The maximum absolute atomic E-state index is 13.5. The van der Waals surface area contributed by atoms with Crippen molar-refractivity contribution in [3.8, 4) is 10.6 Å². The Bertz CT molecular complexity index is 835. The van der Waals surface area contributed by atoms with Gasteiger partial charge in [0, 0.05) is 20.1 Å². The van der Waals surface area contributed by atoms with E-state index in [0.717, 1.165) is 26.4 Å². The Morgan fingerprint density at radius 3 is 2.35 bits per heavy atom. The van der Waals surface area contributed by atoms with Crippen LogP contribution in [0, 0.1) is 18.6 Å². The van der Waals surface area contributed by atoms with Gasteiger partial charge in [0.25, 0.3) is 0 Å². The third-order valence-electron chi connectivity index (χ3n) is 2.80. The summed E-state index contributed by atoms with van der Waals surface area (Å²) < 4.78 is 27.7. The van der Waals surface area contributed by atoms with Gasteiger partial charge < -0.3 is 0 Å². The SMILES string of the molecule is Cc1cc(Br)c(-c2nnc(Cl)c3cc(F)c(F)cc23)s1. The molecule has 2 aromatic heterocycles. The summed E-state index contributed by atoms with van der Waals surface area (Å²) in [4.78, 5) is 1.88. The van der Waals surface area contributed by atoms with E-state index in [9.17, 15) is 8.78 Å². The van der Waals surface area contributed by atoms with Crippen molar-refractivity contribution in [2.24, 2.45) is 0 Å². The Kier molecular flexibility index (Phi) is 3.48. The number of fused-ring (bicyclic) bond motifs is 1. The highest BCUT2D eigenvalue weighted by atomic mass is 79.9. The topological polar surface area (TPSA) is 25.8 Å². The normalized spacial score (nSPS) is 11.2. The summed E-state index contributed by atoms with van der Waals surface area (Å²) in [7, 11) is 0. The van der Waals surface area contributed by atoms with Crippen LogP contribution in [-0.4, -0.2) is 10.2 Å². The van der Waals surface area contributed by atoms with E-state index in [2.05, 4.69) is 26.1 Å².